The van der Waals surface area contributed by atoms with Crippen LogP contribution in [0, 0.1) is 6.92 Å². The van der Waals surface area contributed by atoms with Crippen LogP contribution < -0.4 is 15.0 Å². The number of rotatable bonds is 8. The normalized spacial score (nSPS) is 15.9. The molecule has 2 N–H and O–H groups in total. The molecule has 1 aliphatic rings. The fourth-order valence-electron chi connectivity index (χ4n) is 3.49. The maximum absolute atomic E-state index is 12.7. The Bertz CT molecular complexity index is 811. The predicted octanol–water partition coefficient (Wildman–Crippen LogP) is 2.18. The smallest absolute Gasteiger partial charge is 0.244 e. The van der Waals surface area contributed by atoms with Crippen LogP contribution in [0.2, 0.25) is 0 Å². The molecule has 1 atom stereocenters. The van der Waals surface area contributed by atoms with Gasteiger partial charge in [-0.25, -0.2) is 0 Å². The van der Waals surface area contributed by atoms with Crippen molar-refractivity contribution in [1.82, 2.24) is 5.32 Å². The highest BCUT2D eigenvalue weighted by Gasteiger charge is 2.22. The Morgan fingerprint density at radius 3 is 2.62 bits per heavy atom. The van der Waals surface area contributed by atoms with Crippen molar-refractivity contribution in [3.8, 4) is 5.75 Å². The minimum absolute atomic E-state index is 0.0389. The molecule has 2 aromatic rings. The van der Waals surface area contributed by atoms with E-state index in [1.165, 1.54) is 10.5 Å². The SMILES string of the molecule is CCOc1ccccc1/C=C/C(=O)N[C@H](C[NH+]1CCOCC1)c1ccc(C)cc1. The Morgan fingerprint density at radius 2 is 1.90 bits per heavy atom. The quantitative estimate of drug-likeness (QED) is 0.674. The number of morpholine rings is 1. The van der Waals surface area contributed by atoms with Crippen molar-refractivity contribution in [3.05, 3.63) is 71.3 Å². The highest BCUT2D eigenvalue weighted by molar-refractivity contribution is 5.92. The number of hydrogen-bond acceptors (Lipinski definition) is 3. The van der Waals surface area contributed by atoms with E-state index in [1.807, 2.05) is 37.3 Å². The number of carbonyl (C=O) groups excluding carboxylic acids is 1. The van der Waals surface area contributed by atoms with E-state index in [0.29, 0.717) is 6.61 Å². The Morgan fingerprint density at radius 1 is 1.17 bits per heavy atom. The molecule has 0 aromatic heterocycles. The highest BCUT2D eigenvalue weighted by atomic mass is 16.5. The molecular weight excluding hydrogens is 364 g/mol. The summed E-state index contributed by atoms with van der Waals surface area (Å²) in [5, 5.41) is 3.19. The lowest BCUT2D eigenvalue weighted by Crippen LogP contribution is -3.14. The summed E-state index contributed by atoms with van der Waals surface area (Å²) < 4.78 is 11.1. The van der Waals surface area contributed by atoms with Gasteiger partial charge >= 0.3 is 0 Å². The Kier molecular flexibility index (Phi) is 7.85. The molecule has 1 fully saturated rings. The van der Waals surface area contributed by atoms with Gasteiger partial charge in [-0.05, 0) is 31.6 Å². The van der Waals surface area contributed by atoms with Crippen molar-refractivity contribution in [1.29, 1.82) is 0 Å². The van der Waals surface area contributed by atoms with Gasteiger partial charge in [-0.2, -0.15) is 0 Å². The summed E-state index contributed by atoms with van der Waals surface area (Å²) in [6.07, 6.45) is 3.40. The summed E-state index contributed by atoms with van der Waals surface area (Å²) in [4.78, 5) is 14.2. The van der Waals surface area contributed by atoms with E-state index in [2.05, 4.69) is 36.5 Å². The molecule has 29 heavy (non-hydrogen) atoms. The van der Waals surface area contributed by atoms with Crippen LogP contribution in [-0.4, -0.2) is 45.4 Å². The Labute approximate surface area is 173 Å². The Hall–Kier alpha value is -2.63. The molecule has 1 aliphatic heterocycles. The van der Waals surface area contributed by atoms with Crippen LogP contribution in [-0.2, 0) is 9.53 Å². The maximum atomic E-state index is 12.7. The van der Waals surface area contributed by atoms with E-state index in [0.717, 1.165) is 49.7 Å². The average molecular weight is 396 g/mol. The van der Waals surface area contributed by atoms with Gasteiger partial charge in [0, 0.05) is 11.6 Å². The average Bonchev–Trinajstić information content (AvgIpc) is 2.74. The van der Waals surface area contributed by atoms with Gasteiger partial charge in [-0.15, -0.1) is 0 Å². The van der Waals surface area contributed by atoms with E-state index < -0.39 is 0 Å². The predicted molar refractivity (Wildman–Crippen MR) is 115 cm³/mol. The summed E-state index contributed by atoms with van der Waals surface area (Å²) >= 11 is 0. The molecule has 5 nitrogen and oxygen atoms in total. The number of para-hydroxylation sites is 1. The molecule has 0 radical (unpaired) electrons. The van der Waals surface area contributed by atoms with E-state index in [1.54, 1.807) is 6.08 Å². The second-order valence-electron chi connectivity index (χ2n) is 7.34. The molecule has 0 unspecified atom stereocenters. The molecule has 1 amide bonds. The van der Waals surface area contributed by atoms with Crippen molar-refractivity contribution in [2.24, 2.45) is 0 Å². The van der Waals surface area contributed by atoms with E-state index >= 15 is 0 Å². The van der Waals surface area contributed by atoms with Crippen LogP contribution in [0.15, 0.2) is 54.6 Å². The number of aryl methyl sites for hydroxylation is 1. The van der Waals surface area contributed by atoms with E-state index in [-0.39, 0.29) is 11.9 Å². The number of hydrogen-bond donors (Lipinski definition) is 2. The van der Waals surface area contributed by atoms with Crippen LogP contribution in [0.1, 0.15) is 29.7 Å². The molecule has 1 saturated heterocycles. The van der Waals surface area contributed by atoms with Crippen LogP contribution in [0.25, 0.3) is 6.08 Å². The largest absolute Gasteiger partial charge is 0.493 e. The highest BCUT2D eigenvalue weighted by Crippen LogP contribution is 2.19. The first-order valence-corrected chi connectivity index (χ1v) is 10.3. The number of quaternary nitrogens is 1. The molecule has 5 heteroatoms. The van der Waals surface area contributed by atoms with Crippen LogP contribution in [0.3, 0.4) is 0 Å². The first kappa shape index (κ1) is 21.1. The molecule has 0 spiro atoms. The minimum Gasteiger partial charge on any atom is -0.493 e. The molecule has 0 saturated carbocycles. The standard InChI is InChI=1S/C24H30N2O3/c1-3-29-23-7-5-4-6-21(23)12-13-24(27)25-22(18-26-14-16-28-17-15-26)20-10-8-19(2)9-11-20/h4-13,22H,3,14-18H2,1-2H3,(H,25,27)/p+1/b13-12+/t22-/m1/s1. The maximum Gasteiger partial charge on any atom is 0.244 e. The Balaban J connectivity index is 1.70. The third-order valence-electron chi connectivity index (χ3n) is 5.12. The molecule has 0 bridgehead atoms. The lowest BCUT2D eigenvalue weighted by molar-refractivity contribution is -0.909. The third-order valence-corrected chi connectivity index (χ3v) is 5.12. The number of nitrogens with one attached hydrogen (secondary N) is 2. The fourth-order valence-corrected chi connectivity index (χ4v) is 3.49. The number of benzene rings is 2. The lowest BCUT2D eigenvalue weighted by Gasteiger charge is -2.28. The monoisotopic (exact) mass is 395 g/mol. The van der Waals surface area contributed by atoms with Gasteiger partial charge in [0.1, 0.15) is 31.4 Å². The first-order valence-electron chi connectivity index (χ1n) is 10.3. The zero-order chi connectivity index (χ0) is 20.5. The van der Waals surface area contributed by atoms with Crippen molar-refractivity contribution >= 4 is 12.0 Å². The lowest BCUT2D eigenvalue weighted by atomic mass is 10.0. The van der Waals surface area contributed by atoms with E-state index in [9.17, 15) is 4.79 Å². The topological polar surface area (TPSA) is 52.0 Å². The zero-order valence-electron chi connectivity index (χ0n) is 17.3. The number of carbonyl (C=O) groups is 1. The van der Waals surface area contributed by atoms with Gasteiger partial charge in [-0.1, -0.05) is 48.0 Å². The number of ether oxygens (including phenoxy) is 2. The van der Waals surface area contributed by atoms with Gasteiger partial charge in [-0.3, -0.25) is 4.79 Å². The van der Waals surface area contributed by atoms with Gasteiger partial charge in [0.2, 0.25) is 5.91 Å². The summed E-state index contributed by atoms with van der Waals surface area (Å²) in [5.41, 5.74) is 3.24. The van der Waals surface area contributed by atoms with Crippen molar-refractivity contribution < 1.29 is 19.2 Å². The van der Waals surface area contributed by atoms with Gasteiger partial charge in [0.15, 0.2) is 0 Å². The van der Waals surface area contributed by atoms with Crippen LogP contribution >= 0.6 is 0 Å². The zero-order valence-corrected chi connectivity index (χ0v) is 17.3. The van der Waals surface area contributed by atoms with Gasteiger partial charge in [0.25, 0.3) is 0 Å². The second-order valence-corrected chi connectivity index (χ2v) is 7.34. The summed E-state index contributed by atoms with van der Waals surface area (Å²) in [6, 6.07) is 16.1. The molecule has 2 aromatic carbocycles. The second kappa shape index (κ2) is 10.8. The van der Waals surface area contributed by atoms with Crippen molar-refractivity contribution in [2.45, 2.75) is 19.9 Å². The molecule has 1 heterocycles. The summed E-state index contributed by atoms with van der Waals surface area (Å²) in [6.45, 7) is 8.95. The minimum atomic E-state index is -0.102. The van der Waals surface area contributed by atoms with Crippen LogP contribution in [0.5, 0.6) is 5.75 Å². The molecule has 0 aliphatic carbocycles. The number of amides is 1. The first-order chi connectivity index (χ1) is 14.2. The molecular formula is C24H31N2O3+. The van der Waals surface area contributed by atoms with E-state index in [4.69, 9.17) is 9.47 Å². The fraction of sp³-hybridized carbons (Fsp3) is 0.375. The van der Waals surface area contributed by atoms with Crippen LogP contribution in [0.4, 0.5) is 0 Å². The third kappa shape index (κ3) is 6.44. The van der Waals surface area contributed by atoms with Gasteiger partial charge < -0.3 is 19.7 Å². The summed E-state index contributed by atoms with van der Waals surface area (Å²) in [5.74, 6) is 0.682. The van der Waals surface area contributed by atoms with Crippen molar-refractivity contribution in [3.63, 3.8) is 0 Å². The van der Waals surface area contributed by atoms with Gasteiger partial charge in [0.05, 0.1) is 19.8 Å². The molecule has 154 valence electrons. The van der Waals surface area contributed by atoms with Crippen molar-refractivity contribution in [2.75, 3.05) is 39.5 Å². The molecule has 3 rings (SSSR count). The summed E-state index contributed by atoms with van der Waals surface area (Å²) in [7, 11) is 0.